The first-order valence-electron chi connectivity index (χ1n) is 14.1. The van der Waals surface area contributed by atoms with Gasteiger partial charge >= 0.3 is 0 Å². The third-order valence-corrected chi connectivity index (χ3v) is 6.87. The number of nitrogens with two attached hydrogens (primary N) is 1. The van der Waals surface area contributed by atoms with Crippen LogP contribution in [0.4, 0.5) is 5.69 Å². The molecule has 0 heterocycles. The van der Waals surface area contributed by atoms with Gasteiger partial charge in [0, 0.05) is 28.4 Å². The minimum absolute atomic E-state index is 0.0978. The lowest BCUT2D eigenvalue weighted by atomic mass is 9.95. The summed E-state index contributed by atoms with van der Waals surface area (Å²) >= 11 is 0. The normalized spacial score (nSPS) is 13.5. The van der Waals surface area contributed by atoms with Gasteiger partial charge in [0.25, 0.3) is 5.91 Å². The molecule has 0 aliphatic rings. The SMILES string of the molecule is CCNC(C)CC(CC)Oc1ccc(C(=N)c2cc(C(=O)NC(CC(C)C)c3ccccc3)ccc2N)cc1. The van der Waals surface area contributed by atoms with Gasteiger partial charge in [-0.15, -0.1) is 0 Å². The van der Waals surface area contributed by atoms with E-state index in [1.54, 1.807) is 18.2 Å². The van der Waals surface area contributed by atoms with Crippen molar-refractivity contribution in [1.82, 2.24) is 10.6 Å². The molecule has 0 bridgehead atoms. The number of hydrogen-bond acceptors (Lipinski definition) is 5. The fourth-order valence-electron chi connectivity index (χ4n) is 4.76. The van der Waals surface area contributed by atoms with Crippen LogP contribution in [-0.2, 0) is 0 Å². The van der Waals surface area contributed by atoms with Crippen LogP contribution in [0.3, 0.4) is 0 Å². The molecular formula is C33H44N4O2. The Labute approximate surface area is 233 Å². The molecule has 0 aliphatic heterocycles. The summed E-state index contributed by atoms with van der Waals surface area (Å²) in [5.74, 6) is 1.02. The Balaban J connectivity index is 1.74. The van der Waals surface area contributed by atoms with Gasteiger partial charge in [-0.25, -0.2) is 0 Å². The van der Waals surface area contributed by atoms with E-state index < -0.39 is 0 Å². The van der Waals surface area contributed by atoms with Crippen molar-refractivity contribution in [3.05, 3.63) is 95.1 Å². The van der Waals surface area contributed by atoms with Crippen LogP contribution < -0.4 is 21.1 Å². The summed E-state index contributed by atoms with van der Waals surface area (Å²) in [4.78, 5) is 13.3. The molecule has 3 aromatic carbocycles. The largest absolute Gasteiger partial charge is 0.490 e. The van der Waals surface area contributed by atoms with Gasteiger partial charge in [-0.3, -0.25) is 10.2 Å². The topological polar surface area (TPSA) is 100 Å². The molecule has 3 aromatic rings. The third-order valence-electron chi connectivity index (χ3n) is 6.87. The molecule has 39 heavy (non-hydrogen) atoms. The predicted molar refractivity (Wildman–Crippen MR) is 162 cm³/mol. The number of amides is 1. The molecule has 0 saturated carbocycles. The van der Waals surface area contributed by atoms with E-state index in [0.717, 1.165) is 37.1 Å². The molecule has 0 spiro atoms. The van der Waals surface area contributed by atoms with Crippen molar-refractivity contribution < 1.29 is 9.53 Å². The quantitative estimate of drug-likeness (QED) is 0.137. The molecule has 5 N–H and O–H groups in total. The zero-order valence-corrected chi connectivity index (χ0v) is 24.0. The van der Waals surface area contributed by atoms with E-state index in [2.05, 4.69) is 45.3 Å². The van der Waals surface area contributed by atoms with E-state index in [4.69, 9.17) is 15.9 Å². The van der Waals surface area contributed by atoms with E-state index in [1.807, 2.05) is 54.6 Å². The van der Waals surface area contributed by atoms with Crippen molar-refractivity contribution in [2.45, 2.75) is 72.1 Å². The number of anilines is 1. The van der Waals surface area contributed by atoms with Crippen molar-refractivity contribution in [3.63, 3.8) is 0 Å². The summed E-state index contributed by atoms with van der Waals surface area (Å²) in [7, 11) is 0. The lowest BCUT2D eigenvalue weighted by molar-refractivity contribution is 0.0932. The Morgan fingerprint density at radius 3 is 2.21 bits per heavy atom. The first-order chi connectivity index (χ1) is 18.7. The number of nitrogen functional groups attached to an aromatic ring is 1. The maximum absolute atomic E-state index is 13.3. The highest BCUT2D eigenvalue weighted by Gasteiger charge is 2.19. The maximum atomic E-state index is 13.3. The van der Waals surface area contributed by atoms with Crippen LogP contribution >= 0.6 is 0 Å². The highest BCUT2D eigenvalue weighted by atomic mass is 16.5. The van der Waals surface area contributed by atoms with Crippen molar-refractivity contribution in [2.75, 3.05) is 12.3 Å². The summed E-state index contributed by atoms with van der Waals surface area (Å²) in [6, 6.07) is 23.0. The van der Waals surface area contributed by atoms with Crippen molar-refractivity contribution >= 4 is 17.3 Å². The van der Waals surface area contributed by atoms with Gasteiger partial charge in [-0.05, 0) is 86.7 Å². The molecule has 3 atom stereocenters. The van der Waals surface area contributed by atoms with Crippen molar-refractivity contribution in [3.8, 4) is 5.75 Å². The van der Waals surface area contributed by atoms with Crippen LogP contribution in [0.1, 0.15) is 87.0 Å². The minimum Gasteiger partial charge on any atom is -0.490 e. The first-order valence-corrected chi connectivity index (χ1v) is 14.1. The summed E-state index contributed by atoms with van der Waals surface area (Å²) in [6.07, 6.45) is 2.79. The third kappa shape index (κ3) is 8.69. The zero-order valence-electron chi connectivity index (χ0n) is 24.0. The number of carbonyl (C=O) groups excluding carboxylic acids is 1. The second kappa shape index (κ2) is 14.5. The number of carbonyl (C=O) groups is 1. The minimum atomic E-state index is -0.181. The Hall–Kier alpha value is -3.64. The van der Waals surface area contributed by atoms with Crippen LogP contribution in [0, 0.1) is 11.3 Å². The van der Waals surface area contributed by atoms with Gasteiger partial charge in [-0.2, -0.15) is 0 Å². The van der Waals surface area contributed by atoms with E-state index >= 15 is 0 Å². The van der Waals surface area contributed by atoms with E-state index in [1.165, 1.54) is 0 Å². The number of hydrogen-bond donors (Lipinski definition) is 4. The molecule has 6 nitrogen and oxygen atoms in total. The Morgan fingerprint density at radius 2 is 1.59 bits per heavy atom. The summed E-state index contributed by atoms with van der Waals surface area (Å²) < 4.78 is 6.21. The van der Waals surface area contributed by atoms with Crippen LogP contribution in [0.25, 0.3) is 0 Å². The average Bonchev–Trinajstić information content (AvgIpc) is 2.93. The Bertz CT molecular complexity index is 1210. The zero-order chi connectivity index (χ0) is 28.4. The summed E-state index contributed by atoms with van der Waals surface area (Å²) in [5, 5.41) is 15.5. The molecule has 6 heteroatoms. The fraction of sp³-hybridized carbons (Fsp3) is 0.394. The lowest BCUT2D eigenvalue weighted by Crippen LogP contribution is -2.31. The molecule has 0 radical (unpaired) electrons. The monoisotopic (exact) mass is 528 g/mol. The second-order valence-corrected chi connectivity index (χ2v) is 10.6. The smallest absolute Gasteiger partial charge is 0.251 e. The van der Waals surface area contributed by atoms with Gasteiger partial charge in [0.2, 0.25) is 0 Å². The molecule has 0 fully saturated rings. The maximum Gasteiger partial charge on any atom is 0.251 e. The molecule has 3 rings (SSSR count). The highest BCUT2D eigenvalue weighted by molar-refractivity contribution is 6.14. The summed E-state index contributed by atoms with van der Waals surface area (Å²) in [6.45, 7) is 11.6. The molecule has 0 saturated heterocycles. The molecule has 3 unspecified atom stereocenters. The predicted octanol–water partition coefficient (Wildman–Crippen LogP) is 6.75. The summed E-state index contributed by atoms with van der Waals surface area (Å²) in [5.41, 5.74) is 9.79. The van der Waals surface area contributed by atoms with Gasteiger partial charge in [0.05, 0.1) is 17.9 Å². The van der Waals surface area contributed by atoms with Gasteiger partial charge in [0.1, 0.15) is 5.75 Å². The molecule has 0 aromatic heterocycles. The van der Waals surface area contributed by atoms with Crippen molar-refractivity contribution in [1.29, 1.82) is 5.41 Å². The average molecular weight is 529 g/mol. The molecular weight excluding hydrogens is 484 g/mol. The van der Waals surface area contributed by atoms with Crippen LogP contribution in [0.15, 0.2) is 72.8 Å². The van der Waals surface area contributed by atoms with E-state index in [0.29, 0.717) is 34.3 Å². The first kappa shape index (κ1) is 29.9. The molecule has 1 amide bonds. The van der Waals surface area contributed by atoms with Crippen LogP contribution in [0.2, 0.25) is 0 Å². The van der Waals surface area contributed by atoms with Crippen LogP contribution in [0.5, 0.6) is 5.75 Å². The van der Waals surface area contributed by atoms with Gasteiger partial charge in [0.15, 0.2) is 0 Å². The fourth-order valence-corrected chi connectivity index (χ4v) is 4.76. The second-order valence-electron chi connectivity index (χ2n) is 10.6. The molecule has 0 aliphatic carbocycles. The van der Waals surface area contributed by atoms with Crippen molar-refractivity contribution in [2.24, 2.45) is 5.92 Å². The Kier molecular flexibility index (Phi) is 11.1. The van der Waals surface area contributed by atoms with E-state index in [-0.39, 0.29) is 23.8 Å². The molecule has 208 valence electrons. The lowest BCUT2D eigenvalue weighted by Gasteiger charge is -2.22. The van der Waals surface area contributed by atoms with Crippen LogP contribution in [-0.4, -0.2) is 30.3 Å². The number of rotatable bonds is 14. The number of nitrogens with one attached hydrogen (secondary N) is 3. The van der Waals surface area contributed by atoms with Gasteiger partial charge < -0.3 is 21.1 Å². The Morgan fingerprint density at radius 1 is 0.923 bits per heavy atom. The van der Waals surface area contributed by atoms with E-state index in [9.17, 15) is 4.79 Å². The number of ether oxygens (including phenoxy) is 1. The van der Waals surface area contributed by atoms with Gasteiger partial charge in [-0.1, -0.05) is 58.0 Å². The standard InChI is InChI=1S/C33H44N4O2/c1-6-27(20-23(5)36-7-2)39-28-16-13-25(14-17-28)32(35)29-21-26(15-18-30(29)34)33(38)37-31(19-22(3)4)24-11-9-8-10-12-24/h8-18,21-23,27,31,35-36H,6-7,19-20,34H2,1-5H3,(H,37,38). The highest BCUT2D eigenvalue weighted by Crippen LogP contribution is 2.24. The number of benzene rings is 3.